The number of hydrogen-bond donors (Lipinski definition) is 1. The van der Waals surface area contributed by atoms with Crippen molar-refractivity contribution >= 4 is 11.9 Å². The highest BCUT2D eigenvalue weighted by Gasteiger charge is 2.77. The maximum absolute atomic E-state index is 12.4. The van der Waals surface area contributed by atoms with Crippen LogP contribution >= 0.6 is 0 Å². The van der Waals surface area contributed by atoms with E-state index in [0.717, 1.165) is 4.90 Å². The second-order valence-corrected chi connectivity index (χ2v) is 6.58. The van der Waals surface area contributed by atoms with E-state index in [1.54, 1.807) is 0 Å². The number of amides is 1. The van der Waals surface area contributed by atoms with Gasteiger partial charge in [0.05, 0.1) is 11.2 Å². The largest absolute Gasteiger partial charge is 0.481 e. The Bertz CT molecular complexity index is 502. The Kier molecular flexibility index (Phi) is 2.72. The van der Waals surface area contributed by atoms with Crippen LogP contribution in [-0.4, -0.2) is 52.4 Å². The third kappa shape index (κ3) is 1.81. The fraction of sp³-hybridized carbons (Fsp3) is 0.846. The minimum atomic E-state index is -4.89. The number of carbonyl (C=O) groups excluding carboxylic acids is 1. The van der Waals surface area contributed by atoms with Crippen LogP contribution in [-0.2, 0) is 14.3 Å². The van der Waals surface area contributed by atoms with E-state index in [4.69, 9.17) is 4.74 Å². The molecule has 0 aromatic carbocycles. The van der Waals surface area contributed by atoms with Crippen LogP contribution in [0.5, 0.6) is 0 Å². The molecule has 4 rings (SSSR count). The lowest BCUT2D eigenvalue weighted by Gasteiger charge is -2.46. The highest BCUT2D eigenvalue weighted by molar-refractivity contribution is 5.82. The number of ether oxygens (including phenoxy) is 1. The minimum absolute atomic E-state index is 0.122. The Labute approximate surface area is 119 Å². The number of carboxylic acids is 1. The van der Waals surface area contributed by atoms with Gasteiger partial charge >= 0.3 is 18.1 Å². The van der Waals surface area contributed by atoms with E-state index >= 15 is 0 Å². The molecule has 5 nitrogen and oxygen atoms in total. The monoisotopic (exact) mass is 307 g/mol. The first-order chi connectivity index (χ1) is 9.54. The molecular formula is C13H16F3NO4. The van der Waals surface area contributed by atoms with Crippen molar-refractivity contribution in [2.45, 2.75) is 50.0 Å². The van der Waals surface area contributed by atoms with Gasteiger partial charge < -0.3 is 14.7 Å². The van der Waals surface area contributed by atoms with Crippen LogP contribution < -0.4 is 0 Å². The van der Waals surface area contributed by atoms with Gasteiger partial charge in [0.25, 0.3) is 0 Å². The zero-order valence-corrected chi connectivity index (χ0v) is 11.5. The van der Waals surface area contributed by atoms with Gasteiger partial charge in [-0.2, -0.15) is 13.2 Å². The zero-order valence-electron chi connectivity index (χ0n) is 11.5. The first-order valence-corrected chi connectivity index (χ1v) is 6.83. The molecule has 4 aliphatic rings. The van der Waals surface area contributed by atoms with Gasteiger partial charge in [-0.25, -0.2) is 0 Å². The van der Waals surface area contributed by atoms with Gasteiger partial charge in [0, 0.05) is 13.1 Å². The topological polar surface area (TPSA) is 66.8 Å². The third-order valence-electron chi connectivity index (χ3n) is 5.18. The molecule has 1 amide bonds. The fourth-order valence-corrected chi connectivity index (χ4v) is 4.37. The second-order valence-electron chi connectivity index (χ2n) is 6.58. The van der Waals surface area contributed by atoms with Gasteiger partial charge in [0.2, 0.25) is 0 Å². The maximum Gasteiger partial charge on any atom is 0.471 e. The summed E-state index contributed by atoms with van der Waals surface area (Å²) in [5, 5.41) is 9.51. The second kappa shape index (κ2) is 3.91. The standard InChI is InChI=1S/C13H16F3NO4/c1-10-6-11(7-10,9(19)20)12(21-10)2-4-17(5-3-12)8(18)13(14,15)16/h2-7H2,1H3,(H,19,20). The molecular weight excluding hydrogens is 291 g/mol. The predicted molar refractivity (Wildman–Crippen MR) is 63.4 cm³/mol. The summed E-state index contributed by atoms with van der Waals surface area (Å²) in [6, 6.07) is 0. The van der Waals surface area contributed by atoms with Gasteiger partial charge in [0.15, 0.2) is 0 Å². The van der Waals surface area contributed by atoms with Crippen LogP contribution in [0.4, 0.5) is 13.2 Å². The molecule has 3 heterocycles. The molecule has 8 heteroatoms. The van der Waals surface area contributed by atoms with Crippen molar-refractivity contribution in [1.82, 2.24) is 4.90 Å². The number of likely N-dealkylation sites (tertiary alicyclic amines) is 1. The van der Waals surface area contributed by atoms with Gasteiger partial charge in [-0.3, -0.25) is 9.59 Å². The Morgan fingerprint density at radius 3 is 2.14 bits per heavy atom. The quantitative estimate of drug-likeness (QED) is 0.798. The first kappa shape index (κ1) is 14.6. The molecule has 4 fully saturated rings. The number of piperidine rings is 1. The normalized spacial score (nSPS) is 37.4. The van der Waals surface area contributed by atoms with Crippen LogP contribution in [0, 0.1) is 5.41 Å². The lowest BCUT2D eigenvalue weighted by atomic mass is 9.54. The number of hydrogen-bond acceptors (Lipinski definition) is 3. The molecule has 21 heavy (non-hydrogen) atoms. The number of alkyl halides is 3. The average Bonchev–Trinajstić information content (AvgIpc) is 2.71. The Hall–Kier alpha value is -1.31. The van der Waals surface area contributed by atoms with Crippen molar-refractivity contribution in [2.24, 2.45) is 5.41 Å². The van der Waals surface area contributed by atoms with Gasteiger partial charge in [0.1, 0.15) is 5.41 Å². The number of carboxylic acid groups (broad SMARTS) is 1. The van der Waals surface area contributed by atoms with E-state index in [1.165, 1.54) is 0 Å². The molecule has 0 aromatic rings. The number of halogens is 3. The van der Waals surface area contributed by atoms with E-state index < -0.39 is 34.7 Å². The molecule has 0 aromatic heterocycles. The SMILES string of the molecule is CC12CC(C(=O)O)(C1)C1(CCN(C(=O)C(F)(F)F)CC1)O2. The van der Waals surface area contributed by atoms with E-state index in [9.17, 15) is 27.9 Å². The highest BCUT2D eigenvalue weighted by Crippen LogP contribution is 2.69. The predicted octanol–water partition coefficient (Wildman–Crippen LogP) is 1.56. The smallest absolute Gasteiger partial charge is 0.471 e. The maximum atomic E-state index is 12.4. The summed E-state index contributed by atoms with van der Waals surface area (Å²) in [7, 11) is 0. The summed E-state index contributed by atoms with van der Waals surface area (Å²) in [5.74, 6) is -2.81. The van der Waals surface area contributed by atoms with Crippen LogP contribution in [0.25, 0.3) is 0 Å². The summed E-state index contributed by atoms with van der Waals surface area (Å²) in [6.45, 7) is 1.59. The third-order valence-corrected chi connectivity index (χ3v) is 5.18. The van der Waals surface area contributed by atoms with E-state index in [-0.39, 0.29) is 25.9 Å². The molecule has 1 saturated carbocycles. The van der Waals surface area contributed by atoms with E-state index in [0.29, 0.717) is 12.8 Å². The number of rotatable bonds is 1. The van der Waals surface area contributed by atoms with Crippen LogP contribution in [0.2, 0.25) is 0 Å². The van der Waals surface area contributed by atoms with Gasteiger partial charge in [-0.1, -0.05) is 0 Å². The summed E-state index contributed by atoms with van der Waals surface area (Å²) in [4.78, 5) is 23.6. The van der Waals surface area contributed by atoms with Crippen LogP contribution in [0.3, 0.4) is 0 Å². The van der Waals surface area contributed by atoms with Gasteiger partial charge in [-0.15, -0.1) is 0 Å². The molecule has 3 aliphatic heterocycles. The first-order valence-electron chi connectivity index (χ1n) is 6.83. The summed E-state index contributed by atoms with van der Waals surface area (Å²) in [6.07, 6.45) is -3.84. The molecule has 0 unspecified atom stereocenters. The molecule has 1 spiro atoms. The van der Waals surface area contributed by atoms with E-state index in [1.807, 2.05) is 6.92 Å². The Morgan fingerprint density at radius 2 is 1.71 bits per heavy atom. The lowest BCUT2D eigenvalue weighted by Crippen LogP contribution is -2.58. The molecule has 0 atom stereocenters. The van der Waals surface area contributed by atoms with Crippen molar-refractivity contribution in [3.05, 3.63) is 0 Å². The summed E-state index contributed by atoms with van der Waals surface area (Å²) < 4.78 is 43.2. The van der Waals surface area contributed by atoms with E-state index in [2.05, 4.69) is 0 Å². The summed E-state index contributed by atoms with van der Waals surface area (Å²) >= 11 is 0. The van der Waals surface area contributed by atoms with Crippen LogP contribution in [0.15, 0.2) is 0 Å². The minimum Gasteiger partial charge on any atom is -0.481 e. The summed E-state index contributed by atoms with van der Waals surface area (Å²) in [5.41, 5.74) is -2.43. The number of carbonyl (C=O) groups is 2. The van der Waals surface area contributed by atoms with Crippen molar-refractivity contribution in [2.75, 3.05) is 13.1 Å². The average molecular weight is 307 g/mol. The van der Waals surface area contributed by atoms with Crippen molar-refractivity contribution in [1.29, 1.82) is 0 Å². The van der Waals surface area contributed by atoms with Crippen LogP contribution in [0.1, 0.15) is 32.6 Å². The van der Waals surface area contributed by atoms with Gasteiger partial charge in [-0.05, 0) is 32.6 Å². The molecule has 1 aliphatic carbocycles. The number of aliphatic carboxylic acids is 1. The van der Waals surface area contributed by atoms with Crippen molar-refractivity contribution in [3.63, 3.8) is 0 Å². The fourth-order valence-electron chi connectivity index (χ4n) is 4.37. The number of nitrogens with zero attached hydrogens (tertiary/aromatic N) is 1. The van der Waals surface area contributed by atoms with Crippen molar-refractivity contribution < 1.29 is 32.6 Å². The lowest BCUT2D eigenvalue weighted by molar-refractivity contribution is -0.190. The highest BCUT2D eigenvalue weighted by atomic mass is 19.4. The Balaban J connectivity index is 1.77. The molecule has 0 radical (unpaired) electrons. The molecule has 1 N–H and O–H groups in total. The van der Waals surface area contributed by atoms with Crippen molar-refractivity contribution in [3.8, 4) is 0 Å². The molecule has 3 saturated heterocycles. The molecule has 2 bridgehead atoms. The molecule has 118 valence electrons. The Morgan fingerprint density at radius 1 is 1.19 bits per heavy atom. The zero-order chi connectivity index (χ0) is 15.7.